The molecule has 0 aromatic carbocycles. The predicted octanol–water partition coefficient (Wildman–Crippen LogP) is -0.338. The molecule has 20 heavy (non-hydrogen) atoms. The Morgan fingerprint density at radius 3 is 2.80 bits per heavy atom. The molecular weight excluding hydrogens is 300 g/mol. The largest absolute Gasteiger partial charge is 0.313 e. The van der Waals surface area contributed by atoms with Crippen LogP contribution < -0.4 is 5.32 Å². The van der Waals surface area contributed by atoms with E-state index in [1.807, 2.05) is 6.92 Å². The standard InChI is InChI=1S/C11H20N4O3S2/c1-2-3-12-8-10-9-13-14-11(10)20(17,18)15-4-6-19(16)7-5-15/h9,12H,2-8H2,1H3,(H,13,14). The number of H-pyrrole nitrogens is 1. The molecule has 114 valence electrons. The summed E-state index contributed by atoms with van der Waals surface area (Å²) in [6, 6.07) is 0. The van der Waals surface area contributed by atoms with Crippen molar-refractivity contribution in [2.24, 2.45) is 0 Å². The first-order valence-corrected chi connectivity index (χ1v) is 9.56. The van der Waals surface area contributed by atoms with E-state index in [9.17, 15) is 12.6 Å². The summed E-state index contributed by atoms with van der Waals surface area (Å²) in [4.78, 5) is 0. The van der Waals surface area contributed by atoms with E-state index in [2.05, 4.69) is 15.5 Å². The summed E-state index contributed by atoms with van der Waals surface area (Å²) in [5.74, 6) is 0.799. The third-order valence-electron chi connectivity index (χ3n) is 3.15. The fourth-order valence-electron chi connectivity index (χ4n) is 2.04. The lowest BCUT2D eigenvalue weighted by Crippen LogP contribution is -2.42. The topological polar surface area (TPSA) is 95.2 Å². The molecule has 7 nitrogen and oxygen atoms in total. The van der Waals surface area contributed by atoms with Crippen LogP contribution in [0.3, 0.4) is 0 Å². The van der Waals surface area contributed by atoms with Gasteiger partial charge in [-0.1, -0.05) is 6.92 Å². The normalized spacial score (nSPS) is 18.4. The molecule has 0 bridgehead atoms. The van der Waals surface area contributed by atoms with Gasteiger partial charge in [0.15, 0.2) is 5.03 Å². The number of aromatic amines is 1. The van der Waals surface area contributed by atoms with Crippen LogP contribution in [-0.4, -0.2) is 58.3 Å². The lowest BCUT2D eigenvalue weighted by molar-refractivity contribution is 0.435. The van der Waals surface area contributed by atoms with Gasteiger partial charge in [-0.2, -0.15) is 9.40 Å². The van der Waals surface area contributed by atoms with Crippen LogP contribution >= 0.6 is 0 Å². The minimum Gasteiger partial charge on any atom is -0.313 e. The van der Waals surface area contributed by atoms with Gasteiger partial charge in [0.1, 0.15) is 0 Å². The highest BCUT2D eigenvalue weighted by Gasteiger charge is 2.31. The highest BCUT2D eigenvalue weighted by Crippen LogP contribution is 2.19. The van der Waals surface area contributed by atoms with Crippen LogP contribution in [0.25, 0.3) is 0 Å². The molecule has 1 aromatic rings. The lowest BCUT2D eigenvalue weighted by atomic mass is 10.3. The second-order valence-electron chi connectivity index (χ2n) is 4.65. The molecule has 9 heteroatoms. The molecule has 0 saturated carbocycles. The fraction of sp³-hybridized carbons (Fsp3) is 0.727. The molecule has 1 fully saturated rings. The lowest BCUT2D eigenvalue weighted by Gasteiger charge is -2.25. The predicted molar refractivity (Wildman–Crippen MR) is 77.2 cm³/mol. The second-order valence-corrected chi connectivity index (χ2v) is 8.22. The van der Waals surface area contributed by atoms with Crippen molar-refractivity contribution in [3.05, 3.63) is 11.8 Å². The van der Waals surface area contributed by atoms with E-state index < -0.39 is 20.8 Å². The van der Waals surface area contributed by atoms with Gasteiger partial charge < -0.3 is 5.32 Å². The third-order valence-corrected chi connectivity index (χ3v) is 6.35. The molecule has 0 spiro atoms. The minimum atomic E-state index is -3.57. The molecule has 1 aliphatic rings. The maximum absolute atomic E-state index is 12.5. The number of aromatic nitrogens is 2. The maximum atomic E-state index is 12.5. The SMILES string of the molecule is CCCNCc1cn[nH]c1S(=O)(=O)N1CCS(=O)CC1. The van der Waals surface area contributed by atoms with Crippen LogP contribution in [0.15, 0.2) is 11.2 Å². The molecular formula is C11H20N4O3S2. The van der Waals surface area contributed by atoms with E-state index in [1.165, 1.54) is 10.5 Å². The van der Waals surface area contributed by atoms with Crippen LogP contribution in [0.4, 0.5) is 0 Å². The minimum absolute atomic E-state index is 0.147. The Morgan fingerprint density at radius 2 is 2.15 bits per heavy atom. The van der Waals surface area contributed by atoms with Crippen molar-refractivity contribution < 1.29 is 12.6 Å². The van der Waals surface area contributed by atoms with Crippen LogP contribution in [0.1, 0.15) is 18.9 Å². The molecule has 0 unspecified atom stereocenters. The van der Waals surface area contributed by atoms with Gasteiger partial charge in [0.05, 0.1) is 6.20 Å². The Kier molecular flexibility index (Phi) is 5.30. The van der Waals surface area contributed by atoms with Gasteiger partial charge in [0.25, 0.3) is 10.0 Å². The Bertz CT molecular complexity index is 560. The molecule has 1 aliphatic heterocycles. The van der Waals surface area contributed by atoms with E-state index in [4.69, 9.17) is 0 Å². The first kappa shape index (κ1) is 15.6. The number of sulfonamides is 1. The highest BCUT2D eigenvalue weighted by molar-refractivity contribution is 7.89. The number of nitrogens with zero attached hydrogens (tertiary/aromatic N) is 2. The van der Waals surface area contributed by atoms with Crippen molar-refractivity contribution >= 4 is 20.8 Å². The maximum Gasteiger partial charge on any atom is 0.260 e. The fourth-order valence-corrected chi connectivity index (χ4v) is 4.87. The van der Waals surface area contributed by atoms with E-state index >= 15 is 0 Å². The first-order valence-electron chi connectivity index (χ1n) is 6.63. The van der Waals surface area contributed by atoms with E-state index in [0.29, 0.717) is 36.7 Å². The average Bonchev–Trinajstić information content (AvgIpc) is 2.89. The van der Waals surface area contributed by atoms with Gasteiger partial charge in [-0.25, -0.2) is 8.42 Å². The van der Waals surface area contributed by atoms with Crippen molar-refractivity contribution in [3.63, 3.8) is 0 Å². The Labute approximate surface area is 121 Å². The number of hydrogen-bond donors (Lipinski definition) is 2. The summed E-state index contributed by atoms with van der Waals surface area (Å²) in [6.45, 7) is 3.95. The zero-order valence-corrected chi connectivity index (χ0v) is 13.1. The third kappa shape index (κ3) is 3.46. The van der Waals surface area contributed by atoms with Gasteiger partial charge in [0, 0.05) is 47.5 Å². The van der Waals surface area contributed by atoms with Gasteiger partial charge in [-0.05, 0) is 13.0 Å². The molecule has 0 radical (unpaired) electrons. The summed E-state index contributed by atoms with van der Waals surface area (Å²) >= 11 is 0. The number of nitrogens with one attached hydrogen (secondary N) is 2. The molecule has 2 rings (SSSR count). The summed E-state index contributed by atoms with van der Waals surface area (Å²) in [5, 5.41) is 9.75. The van der Waals surface area contributed by atoms with Crippen molar-refractivity contribution in [3.8, 4) is 0 Å². The first-order chi connectivity index (χ1) is 9.55. The molecule has 0 amide bonds. The monoisotopic (exact) mass is 320 g/mol. The summed E-state index contributed by atoms with van der Waals surface area (Å²) in [6.07, 6.45) is 2.52. The van der Waals surface area contributed by atoms with E-state index in [-0.39, 0.29) is 5.03 Å². The van der Waals surface area contributed by atoms with Crippen LogP contribution in [0.5, 0.6) is 0 Å². The van der Waals surface area contributed by atoms with Crippen molar-refractivity contribution in [1.29, 1.82) is 0 Å². The molecule has 1 aromatic heterocycles. The van der Waals surface area contributed by atoms with Gasteiger partial charge in [0.2, 0.25) is 0 Å². The zero-order chi connectivity index (χ0) is 14.6. The van der Waals surface area contributed by atoms with Crippen molar-refractivity contribution in [2.75, 3.05) is 31.1 Å². The Morgan fingerprint density at radius 1 is 1.45 bits per heavy atom. The number of rotatable bonds is 6. The molecule has 0 atom stereocenters. The Balaban J connectivity index is 2.13. The second kappa shape index (κ2) is 6.79. The highest BCUT2D eigenvalue weighted by atomic mass is 32.2. The van der Waals surface area contributed by atoms with Crippen LogP contribution in [0, 0.1) is 0 Å². The molecule has 0 aliphatic carbocycles. The zero-order valence-electron chi connectivity index (χ0n) is 11.5. The molecule has 1 saturated heterocycles. The van der Waals surface area contributed by atoms with Crippen LogP contribution in [-0.2, 0) is 27.4 Å². The van der Waals surface area contributed by atoms with E-state index in [0.717, 1.165) is 13.0 Å². The van der Waals surface area contributed by atoms with Gasteiger partial charge in [-0.3, -0.25) is 9.31 Å². The van der Waals surface area contributed by atoms with Crippen LogP contribution in [0.2, 0.25) is 0 Å². The van der Waals surface area contributed by atoms with E-state index in [1.54, 1.807) is 0 Å². The molecule has 2 heterocycles. The summed E-state index contributed by atoms with van der Waals surface area (Å²) in [5.41, 5.74) is 0.644. The summed E-state index contributed by atoms with van der Waals surface area (Å²) in [7, 11) is -4.47. The van der Waals surface area contributed by atoms with Gasteiger partial charge in [-0.15, -0.1) is 0 Å². The smallest absolute Gasteiger partial charge is 0.260 e. The summed E-state index contributed by atoms with van der Waals surface area (Å²) < 4.78 is 37.8. The van der Waals surface area contributed by atoms with Crippen molar-refractivity contribution in [1.82, 2.24) is 19.8 Å². The van der Waals surface area contributed by atoms with Crippen molar-refractivity contribution in [2.45, 2.75) is 24.9 Å². The number of hydrogen-bond acceptors (Lipinski definition) is 5. The average molecular weight is 320 g/mol. The quantitative estimate of drug-likeness (QED) is 0.699. The molecule has 2 N–H and O–H groups in total. The van der Waals surface area contributed by atoms with Gasteiger partial charge >= 0.3 is 0 Å². The Hall–Kier alpha value is -0.770.